The summed E-state index contributed by atoms with van der Waals surface area (Å²) >= 11 is 1.06. The second kappa shape index (κ2) is 7.53. The van der Waals surface area contributed by atoms with Gasteiger partial charge < -0.3 is 5.11 Å². The van der Waals surface area contributed by atoms with Gasteiger partial charge in [-0.1, -0.05) is 18.2 Å². The molecule has 4 nitrogen and oxygen atoms in total. The van der Waals surface area contributed by atoms with Crippen molar-refractivity contribution in [2.24, 2.45) is 4.99 Å². The van der Waals surface area contributed by atoms with Gasteiger partial charge in [0.15, 0.2) is 5.82 Å². The Morgan fingerprint density at radius 3 is 2.67 bits per heavy atom. The van der Waals surface area contributed by atoms with E-state index in [2.05, 4.69) is 9.98 Å². The van der Waals surface area contributed by atoms with Crippen molar-refractivity contribution in [1.82, 2.24) is 4.98 Å². The van der Waals surface area contributed by atoms with Gasteiger partial charge in [-0.3, -0.25) is 0 Å². The average molecular weight is 279 g/mol. The summed E-state index contributed by atoms with van der Waals surface area (Å²) in [4.78, 5) is 8.25. The number of para-hydroxylation sites is 1. The fourth-order valence-electron chi connectivity index (χ4n) is 1.35. The van der Waals surface area contributed by atoms with E-state index < -0.39 is 0 Å². The standard InChI is InChI=1S/C13H12N2O.O.V/c1-10-5-4-6-11(13(10)16)9-15-12-7-2-3-8-14-12;;/h2-9,16H,1H3;;/b15-9+;;. The Hall–Kier alpha value is -1.78. The number of pyridine rings is 1. The monoisotopic (exact) mass is 279 g/mol. The topological polar surface area (TPSA) is 62.6 Å². The molecule has 0 aliphatic heterocycles. The van der Waals surface area contributed by atoms with Crippen molar-refractivity contribution >= 4 is 12.0 Å². The first kappa shape index (κ1) is 14.3. The molecule has 1 heterocycles. The molecule has 0 radical (unpaired) electrons. The van der Waals surface area contributed by atoms with Crippen LogP contribution in [-0.4, -0.2) is 16.3 Å². The predicted molar refractivity (Wildman–Crippen MR) is 65.0 cm³/mol. The average Bonchev–Trinajstić information content (AvgIpc) is 2.44. The van der Waals surface area contributed by atoms with Crippen molar-refractivity contribution in [3.05, 3.63) is 53.7 Å². The molecular formula is C13H12N2O2V. The molecule has 0 unspecified atom stereocenters. The van der Waals surface area contributed by atoms with Crippen LogP contribution in [0.4, 0.5) is 5.82 Å². The molecule has 1 aromatic carbocycles. The van der Waals surface area contributed by atoms with E-state index in [0.29, 0.717) is 11.4 Å². The van der Waals surface area contributed by atoms with E-state index in [4.69, 9.17) is 3.67 Å². The molecular weight excluding hydrogens is 267 g/mol. The van der Waals surface area contributed by atoms with Gasteiger partial charge in [0.2, 0.25) is 0 Å². The van der Waals surface area contributed by atoms with Gasteiger partial charge >= 0.3 is 21.0 Å². The minimum atomic E-state index is 0.266. The normalized spacial score (nSPS) is 9.78. The van der Waals surface area contributed by atoms with Gasteiger partial charge in [0, 0.05) is 18.0 Å². The van der Waals surface area contributed by atoms with Gasteiger partial charge in [-0.15, -0.1) is 0 Å². The van der Waals surface area contributed by atoms with Crippen LogP contribution in [0, 0.1) is 6.92 Å². The third-order valence-corrected chi connectivity index (χ3v) is 2.25. The van der Waals surface area contributed by atoms with Crippen LogP contribution in [-0.2, 0) is 21.0 Å². The number of hydrogen-bond donors (Lipinski definition) is 1. The number of phenols is 1. The van der Waals surface area contributed by atoms with Crippen LogP contribution in [0.5, 0.6) is 5.75 Å². The summed E-state index contributed by atoms with van der Waals surface area (Å²) in [7, 11) is 0. The summed E-state index contributed by atoms with van der Waals surface area (Å²) in [5, 5.41) is 9.76. The molecule has 18 heavy (non-hydrogen) atoms. The summed E-state index contributed by atoms with van der Waals surface area (Å²) in [6.07, 6.45) is 3.30. The molecule has 0 saturated carbocycles. The van der Waals surface area contributed by atoms with Crippen LogP contribution < -0.4 is 0 Å². The van der Waals surface area contributed by atoms with E-state index in [1.165, 1.54) is 0 Å². The maximum absolute atomic E-state index is 9.76. The molecule has 5 heteroatoms. The van der Waals surface area contributed by atoms with Gasteiger partial charge in [0.05, 0.1) is 0 Å². The number of aryl methyl sites for hydroxylation is 1. The third kappa shape index (κ3) is 3.91. The number of rotatable bonds is 2. The molecule has 0 amide bonds. The van der Waals surface area contributed by atoms with Crippen molar-refractivity contribution in [2.75, 3.05) is 0 Å². The fourth-order valence-corrected chi connectivity index (χ4v) is 1.35. The van der Waals surface area contributed by atoms with E-state index in [1.807, 2.05) is 43.3 Å². The van der Waals surface area contributed by atoms with Gasteiger partial charge in [0.25, 0.3) is 0 Å². The van der Waals surface area contributed by atoms with Gasteiger partial charge in [-0.05, 0) is 30.7 Å². The van der Waals surface area contributed by atoms with E-state index >= 15 is 0 Å². The zero-order valence-corrected chi connectivity index (χ0v) is 11.2. The molecule has 91 valence electrons. The van der Waals surface area contributed by atoms with Crippen LogP contribution in [0.2, 0.25) is 0 Å². The maximum atomic E-state index is 9.76. The van der Waals surface area contributed by atoms with Crippen LogP contribution in [0.25, 0.3) is 0 Å². The third-order valence-electron chi connectivity index (χ3n) is 2.25. The Kier molecular flexibility index (Phi) is 5.98. The molecule has 0 aliphatic rings. The quantitative estimate of drug-likeness (QED) is 0.860. The Labute approximate surface area is 115 Å². The molecule has 0 fully saturated rings. The Balaban J connectivity index is 0.000000771. The molecule has 2 aromatic rings. The van der Waals surface area contributed by atoms with E-state index in [-0.39, 0.29) is 5.75 Å². The zero-order valence-electron chi connectivity index (χ0n) is 9.82. The summed E-state index contributed by atoms with van der Waals surface area (Å²) in [6.45, 7) is 1.85. The second-order valence-corrected chi connectivity index (χ2v) is 3.46. The van der Waals surface area contributed by atoms with E-state index in [9.17, 15) is 5.11 Å². The molecule has 0 atom stereocenters. The Morgan fingerprint density at radius 1 is 1.22 bits per heavy atom. The van der Waals surface area contributed by atoms with Crippen molar-refractivity contribution in [3.63, 3.8) is 0 Å². The summed E-state index contributed by atoms with van der Waals surface area (Å²) < 4.78 is 8.19. The first-order valence-electron chi connectivity index (χ1n) is 5.19. The molecule has 2 rings (SSSR count). The molecule has 1 N–H and O–H groups in total. The van der Waals surface area contributed by atoms with E-state index in [0.717, 1.165) is 22.9 Å². The van der Waals surface area contributed by atoms with Crippen LogP contribution in [0.15, 0.2) is 47.6 Å². The second-order valence-electron chi connectivity index (χ2n) is 3.46. The number of aromatic hydroxyl groups is 1. The van der Waals surface area contributed by atoms with E-state index in [1.54, 1.807) is 12.4 Å². The Bertz CT molecular complexity index is 530. The number of hydrogen-bond acceptors (Lipinski definition) is 4. The molecule has 0 aliphatic carbocycles. The van der Waals surface area contributed by atoms with Crippen molar-refractivity contribution in [2.45, 2.75) is 6.92 Å². The van der Waals surface area contributed by atoms with Crippen molar-refractivity contribution in [3.8, 4) is 5.75 Å². The summed E-state index contributed by atoms with van der Waals surface area (Å²) in [5.74, 6) is 0.894. The number of benzene rings is 1. The summed E-state index contributed by atoms with van der Waals surface area (Å²) in [6, 6.07) is 11.1. The zero-order chi connectivity index (χ0) is 13.4. The number of phenolic OH excluding ortho intramolecular Hbond substituents is 1. The van der Waals surface area contributed by atoms with Crippen LogP contribution in [0.1, 0.15) is 11.1 Å². The van der Waals surface area contributed by atoms with Gasteiger partial charge in [0.1, 0.15) is 5.75 Å². The first-order chi connectivity index (χ1) is 8.77. The Morgan fingerprint density at radius 2 is 2.00 bits per heavy atom. The SMILES string of the molecule is Cc1cccc(/C=N/c2ccccn2)c1O.[O]=[V]. The molecule has 0 bridgehead atoms. The van der Waals surface area contributed by atoms with Crippen LogP contribution >= 0.6 is 0 Å². The molecule has 0 spiro atoms. The molecule has 1 aromatic heterocycles. The molecule has 0 saturated heterocycles. The number of aliphatic imine (C=N–C) groups is 1. The first-order valence-corrected chi connectivity index (χ1v) is 5.76. The fraction of sp³-hybridized carbons (Fsp3) is 0.0769. The van der Waals surface area contributed by atoms with Gasteiger partial charge in [-0.2, -0.15) is 0 Å². The minimum absolute atomic E-state index is 0.266. The van der Waals surface area contributed by atoms with Gasteiger partial charge in [-0.25, -0.2) is 9.98 Å². The van der Waals surface area contributed by atoms with Crippen molar-refractivity contribution in [1.29, 1.82) is 0 Å². The number of nitrogens with zero attached hydrogens (tertiary/aromatic N) is 2. The van der Waals surface area contributed by atoms with Crippen LogP contribution in [0.3, 0.4) is 0 Å². The number of aromatic nitrogens is 1. The van der Waals surface area contributed by atoms with Crippen molar-refractivity contribution < 1.29 is 26.1 Å². The predicted octanol–water partition coefficient (Wildman–Crippen LogP) is 2.72. The summed E-state index contributed by atoms with van der Waals surface area (Å²) in [5.41, 5.74) is 1.54.